The van der Waals surface area contributed by atoms with Gasteiger partial charge in [0.05, 0.1) is 0 Å². The lowest BCUT2D eigenvalue weighted by atomic mass is 10.1. The Balaban J connectivity index is 3.06. The molecule has 0 saturated carbocycles. The Morgan fingerprint density at radius 2 is 2.06 bits per heavy atom. The first kappa shape index (κ1) is 13.6. The van der Waals surface area contributed by atoms with Crippen LogP contribution < -0.4 is 0 Å². The highest BCUT2D eigenvalue weighted by molar-refractivity contribution is 5.96. The summed E-state index contributed by atoms with van der Waals surface area (Å²) in [6, 6.07) is 5.29. The van der Waals surface area contributed by atoms with Crippen molar-refractivity contribution in [3.63, 3.8) is 0 Å². The summed E-state index contributed by atoms with van der Waals surface area (Å²) in [6.07, 6.45) is 0.928. The van der Waals surface area contributed by atoms with Gasteiger partial charge in [-0.25, -0.2) is 0 Å². The Hall–Kier alpha value is -1.51. The minimum atomic E-state index is -0.00440. The number of carbonyl (C=O) groups is 1. The molecular weight excluding hydrogens is 214 g/mol. The van der Waals surface area contributed by atoms with E-state index in [4.69, 9.17) is 0 Å². The average Bonchev–Trinajstić information content (AvgIpc) is 2.33. The van der Waals surface area contributed by atoms with Crippen molar-refractivity contribution in [2.24, 2.45) is 0 Å². The molecule has 1 N–H and O–H groups in total. The van der Waals surface area contributed by atoms with E-state index >= 15 is 0 Å². The molecule has 0 saturated heterocycles. The molecular formula is C14H21NO2. The van der Waals surface area contributed by atoms with Gasteiger partial charge < -0.3 is 10.0 Å². The maximum absolute atomic E-state index is 12.4. The highest BCUT2D eigenvalue weighted by Gasteiger charge is 2.20. The molecule has 0 aliphatic rings. The van der Waals surface area contributed by atoms with Gasteiger partial charge in [-0.3, -0.25) is 4.79 Å². The van der Waals surface area contributed by atoms with E-state index in [1.165, 1.54) is 0 Å². The molecule has 3 heteroatoms. The minimum Gasteiger partial charge on any atom is -0.508 e. The largest absolute Gasteiger partial charge is 0.508 e. The van der Waals surface area contributed by atoms with Crippen molar-refractivity contribution in [1.82, 2.24) is 4.90 Å². The van der Waals surface area contributed by atoms with E-state index in [9.17, 15) is 9.90 Å². The lowest BCUT2D eigenvalue weighted by Gasteiger charge is -2.28. The van der Waals surface area contributed by atoms with Crippen molar-refractivity contribution in [1.29, 1.82) is 0 Å². The Kier molecular flexibility index (Phi) is 4.55. The topological polar surface area (TPSA) is 40.5 Å². The molecule has 3 nitrogen and oxygen atoms in total. The SMILES string of the molecule is CCC(C)N(CC)C(=O)c1cccc(O)c1C. The van der Waals surface area contributed by atoms with Crippen LogP contribution in [0.15, 0.2) is 18.2 Å². The summed E-state index contributed by atoms with van der Waals surface area (Å²) >= 11 is 0. The summed E-state index contributed by atoms with van der Waals surface area (Å²) in [7, 11) is 0. The summed E-state index contributed by atoms with van der Waals surface area (Å²) in [4.78, 5) is 14.2. The zero-order valence-electron chi connectivity index (χ0n) is 11.0. The van der Waals surface area contributed by atoms with E-state index in [0.717, 1.165) is 6.42 Å². The van der Waals surface area contributed by atoms with Gasteiger partial charge in [0, 0.05) is 23.7 Å². The maximum atomic E-state index is 12.4. The number of aromatic hydroxyl groups is 1. The van der Waals surface area contributed by atoms with Gasteiger partial charge >= 0.3 is 0 Å². The first-order valence-electron chi connectivity index (χ1n) is 6.12. The van der Waals surface area contributed by atoms with E-state index in [0.29, 0.717) is 17.7 Å². The van der Waals surface area contributed by atoms with Gasteiger partial charge in [0.1, 0.15) is 5.75 Å². The summed E-state index contributed by atoms with van der Waals surface area (Å²) in [5.74, 6) is 0.173. The zero-order valence-corrected chi connectivity index (χ0v) is 11.0. The number of amides is 1. The lowest BCUT2D eigenvalue weighted by Crippen LogP contribution is -2.38. The second kappa shape index (κ2) is 5.71. The fraction of sp³-hybridized carbons (Fsp3) is 0.500. The molecule has 0 aliphatic heterocycles. The third-order valence-corrected chi connectivity index (χ3v) is 3.26. The second-order valence-electron chi connectivity index (χ2n) is 4.30. The molecule has 1 unspecified atom stereocenters. The van der Waals surface area contributed by atoms with E-state index < -0.39 is 0 Å². The molecule has 1 atom stereocenters. The smallest absolute Gasteiger partial charge is 0.254 e. The van der Waals surface area contributed by atoms with Gasteiger partial charge in [-0.15, -0.1) is 0 Å². The third kappa shape index (κ3) is 2.78. The number of nitrogens with zero attached hydrogens (tertiary/aromatic N) is 1. The van der Waals surface area contributed by atoms with E-state index in [-0.39, 0.29) is 17.7 Å². The number of rotatable bonds is 4. The van der Waals surface area contributed by atoms with Gasteiger partial charge in [-0.1, -0.05) is 13.0 Å². The van der Waals surface area contributed by atoms with Crippen LogP contribution in [0.2, 0.25) is 0 Å². The Morgan fingerprint density at radius 3 is 2.59 bits per heavy atom. The minimum absolute atomic E-state index is 0.00440. The van der Waals surface area contributed by atoms with Gasteiger partial charge in [-0.2, -0.15) is 0 Å². The van der Waals surface area contributed by atoms with Gasteiger partial charge in [0.2, 0.25) is 0 Å². The number of phenolic OH excluding ortho intramolecular Hbond substituents is 1. The standard InChI is InChI=1S/C14H21NO2/c1-5-10(3)15(6-2)14(17)12-8-7-9-13(16)11(12)4/h7-10,16H,5-6H2,1-4H3. The molecule has 1 aromatic carbocycles. The lowest BCUT2D eigenvalue weighted by molar-refractivity contribution is 0.0698. The second-order valence-corrected chi connectivity index (χ2v) is 4.30. The third-order valence-electron chi connectivity index (χ3n) is 3.26. The molecule has 1 rings (SSSR count). The average molecular weight is 235 g/mol. The van der Waals surface area contributed by atoms with Crippen LogP contribution in [0.5, 0.6) is 5.75 Å². The molecule has 0 fully saturated rings. The molecule has 0 aliphatic carbocycles. The molecule has 0 bridgehead atoms. The fourth-order valence-corrected chi connectivity index (χ4v) is 1.89. The van der Waals surface area contributed by atoms with Gasteiger partial charge in [0.15, 0.2) is 0 Å². The van der Waals surface area contributed by atoms with Crippen molar-refractivity contribution in [2.75, 3.05) is 6.54 Å². The Bertz CT molecular complexity index is 401. The predicted octanol–water partition coefficient (Wildman–Crippen LogP) is 2.96. The van der Waals surface area contributed by atoms with Crippen molar-refractivity contribution < 1.29 is 9.90 Å². The first-order chi connectivity index (χ1) is 8.02. The monoisotopic (exact) mass is 235 g/mol. The highest BCUT2D eigenvalue weighted by atomic mass is 16.3. The number of phenols is 1. The van der Waals surface area contributed by atoms with Crippen molar-refractivity contribution in [3.05, 3.63) is 29.3 Å². The zero-order chi connectivity index (χ0) is 13.0. The normalized spacial score (nSPS) is 12.2. The van der Waals surface area contributed by atoms with Crippen LogP contribution in [0.1, 0.15) is 43.1 Å². The summed E-state index contributed by atoms with van der Waals surface area (Å²) in [5, 5.41) is 9.63. The summed E-state index contributed by atoms with van der Waals surface area (Å²) in [6.45, 7) is 8.54. The van der Waals surface area contributed by atoms with Crippen LogP contribution >= 0.6 is 0 Å². The molecule has 1 amide bonds. The quantitative estimate of drug-likeness (QED) is 0.871. The van der Waals surface area contributed by atoms with Crippen LogP contribution in [0, 0.1) is 6.92 Å². The van der Waals surface area contributed by atoms with Crippen molar-refractivity contribution in [3.8, 4) is 5.75 Å². The molecule has 0 aromatic heterocycles. The van der Waals surface area contributed by atoms with E-state index in [2.05, 4.69) is 6.92 Å². The molecule has 1 aromatic rings. The first-order valence-corrected chi connectivity index (χ1v) is 6.12. The molecule has 0 heterocycles. The number of benzene rings is 1. The molecule has 17 heavy (non-hydrogen) atoms. The van der Waals surface area contributed by atoms with Crippen LogP contribution in [0.25, 0.3) is 0 Å². The maximum Gasteiger partial charge on any atom is 0.254 e. The number of hydrogen-bond donors (Lipinski definition) is 1. The van der Waals surface area contributed by atoms with Crippen molar-refractivity contribution in [2.45, 2.75) is 40.2 Å². The van der Waals surface area contributed by atoms with Gasteiger partial charge in [-0.05, 0) is 39.3 Å². The Labute approximate surface area is 103 Å². The fourth-order valence-electron chi connectivity index (χ4n) is 1.89. The number of hydrogen-bond acceptors (Lipinski definition) is 2. The van der Waals surface area contributed by atoms with Crippen LogP contribution in [-0.2, 0) is 0 Å². The predicted molar refractivity (Wildman–Crippen MR) is 69.3 cm³/mol. The molecule has 0 spiro atoms. The van der Waals surface area contributed by atoms with E-state index in [1.807, 2.05) is 18.7 Å². The molecule has 0 radical (unpaired) electrons. The van der Waals surface area contributed by atoms with E-state index in [1.54, 1.807) is 25.1 Å². The summed E-state index contributed by atoms with van der Waals surface area (Å²) < 4.78 is 0. The Morgan fingerprint density at radius 1 is 1.41 bits per heavy atom. The number of carbonyl (C=O) groups excluding carboxylic acids is 1. The highest BCUT2D eigenvalue weighted by Crippen LogP contribution is 2.21. The van der Waals surface area contributed by atoms with Crippen molar-refractivity contribution >= 4 is 5.91 Å². The van der Waals surface area contributed by atoms with Gasteiger partial charge in [0.25, 0.3) is 5.91 Å². The van der Waals surface area contributed by atoms with Crippen LogP contribution in [0.3, 0.4) is 0 Å². The van der Waals surface area contributed by atoms with Crippen LogP contribution in [-0.4, -0.2) is 28.5 Å². The summed E-state index contributed by atoms with van der Waals surface area (Å²) in [5.41, 5.74) is 1.24. The van der Waals surface area contributed by atoms with Crippen LogP contribution in [0.4, 0.5) is 0 Å². The molecule has 94 valence electrons.